The third kappa shape index (κ3) is 1.91. The fourth-order valence-electron chi connectivity index (χ4n) is 2.34. The monoisotopic (exact) mass is 245 g/mol. The highest BCUT2D eigenvalue weighted by molar-refractivity contribution is 5.58. The molecule has 0 saturated carbocycles. The zero-order valence-electron chi connectivity index (χ0n) is 10.2. The van der Waals surface area contributed by atoms with Crippen LogP contribution >= 0.6 is 0 Å². The molecule has 3 rings (SSSR count). The second-order valence-corrected chi connectivity index (χ2v) is 4.50. The summed E-state index contributed by atoms with van der Waals surface area (Å²) in [5, 5.41) is 3.95. The van der Waals surface area contributed by atoms with E-state index in [1.807, 2.05) is 6.07 Å². The van der Waals surface area contributed by atoms with Gasteiger partial charge in [0.2, 0.25) is 5.82 Å². The minimum atomic E-state index is 0.170. The topological polar surface area (TPSA) is 74.2 Å². The lowest BCUT2D eigenvalue weighted by molar-refractivity contribution is 0.151. The molecular formula is C13H15N3O2. The van der Waals surface area contributed by atoms with Crippen molar-refractivity contribution in [2.75, 3.05) is 7.11 Å². The molecule has 0 bridgehead atoms. The minimum Gasteiger partial charge on any atom is -0.375 e. The molecule has 1 heterocycles. The van der Waals surface area contributed by atoms with E-state index >= 15 is 0 Å². The summed E-state index contributed by atoms with van der Waals surface area (Å²) in [4.78, 5) is 4.28. The van der Waals surface area contributed by atoms with Gasteiger partial charge >= 0.3 is 0 Å². The summed E-state index contributed by atoms with van der Waals surface area (Å²) in [6, 6.07) is 6.33. The first-order valence-corrected chi connectivity index (χ1v) is 5.98. The van der Waals surface area contributed by atoms with Crippen molar-refractivity contribution in [2.24, 2.45) is 5.73 Å². The molecule has 1 aliphatic rings. The molecule has 2 N–H and O–H groups in total. The number of nitrogens with two attached hydrogens (primary N) is 1. The smallest absolute Gasteiger partial charge is 0.252 e. The molecule has 0 amide bonds. The molecule has 0 fully saturated rings. The third-order valence-corrected chi connectivity index (χ3v) is 3.26. The molecule has 1 aliphatic carbocycles. The van der Waals surface area contributed by atoms with Crippen molar-refractivity contribution in [3.05, 3.63) is 35.2 Å². The van der Waals surface area contributed by atoms with Gasteiger partial charge in [-0.3, -0.25) is 0 Å². The van der Waals surface area contributed by atoms with E-state index in [0.29, 0.717) is 18.3 Å². The van der Waals surface area contributed by atoms with E-state index in [9.17, 15) is 0 Å². The molecule has 94 valence electrons. The fraction of sp³-hybridized carbons (Fsp3) is 0.385. The highest BCUT2D eigenvalue weighted by Crippen LogP contribution is 2.31. The predicted molar refractivity (Wildman–Crippen MR) is 65.7 cm³/mol. The average molecular weight is 245 g/mol. The van der Waals surface area contributed by atoms with Gasteiger partial charge in [0.15, 0.2) is 0 Å². The Morgan fingerprint density at radius 3 is 3.22 bits per heavy atom. The number of hydrogen-bond donors (Lipinski definition) is 1. The molecule has 0 radical (unpaired) electrons. The first kappa shape index (κ1) is 11.4. The summed E-state index contributed by atoms with van der Waals surface area (Å²) < 4.78 is 10.0. The number of ether oxygens (including phenoxy) is 1. The van der Waals surface area contributed by atoms with E-state index < -0.39 is 0 Å². The normalized spacial score (nSPS) is 18.0. The minimum absolute atomic E-state index is 0.170. The van der Waals surface area contributed by atoms with Crippen molar-refractivity contribution in [3.63, 3.8) is 0 Å². The fourth-order valence-corrected chi connectivity index (χ4v) is 2.34. The van der Waals surface area contributed by atoms with E-state index in [0.717, 1.165) is 18.4 Å². The van der Waals surface area contributed by atoms with Gasteiger partial charge in [0, 0.05) is 18.7 Å². The van der Waals surface area contributed by atoms with Crippen molar-refractivity contribution >= 4 is 0 Å². The second kappa shape index (κ2) is 4.51. The number of aryl methyl sites for hydroxylation is 1. The van der Waals surface area contributed by atoms with Crippen LogP contribution in [0.25, 0.3) is 11.4 Å². The van der Waals surface area contributed by atoms with Crippen LogP contribution in [0.3, 0.4) is 0 Å². The number of methoxy groups -OCH3 is 1. The molecule has 0 spiro atoms. The first-order valence-electron chi connectivity index (χ1n) is 5.98. The molecule has 1 aromatic carbocycles. The summed E-state index contributed by atoms with van der Waals surface area (Å²) in [5.41, 5.74) is 9.50. The Morgan fingerprint density at radius 1 is 1.50 bits per heavy atom. The average Bonchev–Trinajstić information content (AvgIpc) is 2.97. The Morgan fingerprint density at radius 2 is 2.39 bits per heavy atom. The Bertz CT molecular complexity index is 565. The maximum atomic E-state index is 6.01. The molecular weight excluding hydrogens is 230 g/mol. The standard InChI is InChI=1S/C13H15N3O2/c1-17-7-12-15-13(16-18-12)9-2-4-10-8(6-9)3-5-11(10)14/h2,4,6,11H,3,5,7,14H2,1H3/t11-/m1/s1. The highest BCUT2D eigenvalue weighted by atomic mass is 16.5. The van der Waals surface area contributed by atoms with E-state index in [2.05, 4.69) is 22.3 Å². The Hall–Kier alpha value is -1.72. The lowest BCUT2D eigenvalue weighted by Crippen LogP contribution is -2.04. The van der Waals surface area contributed by atoms with Crippen molar-refractivity contribution in [2.45, 2.75) is 25.5 Å². The third-order valence-electron chi connectivity index (χ3n) is 3.26. The second-order valence-electron chi connectivity index (χ2n) is 4.50. The number of hydrogen-bond acceptors (Lipinski definition) is 5. The molecule has 5 nitrogen and oxygen atoms in total. The van der Waals surface area contributed by atoms with E-state index in [-0.39, 0.29) is 6.04 Å². The van der Waals surface area contributed by atoms with Gasteiger partial charge in [0.1, 0.15) is 6.61 Å². The van der Waals surface area contributed by atoms with Crippen molar-refractivity contribution in [3.8, 4) is 11.4 Å². The van der Waals surface area contributed by atoms with Crippen LogP contribution in [0, 0.1) is 0 Å². The Kier molecular flexibility index (Phi) is 2.85. The molecule has 18 heavy (non-hydrogen) atoms. The Balaban J connectivity index is 1.92. The lowest BCUT2D eigenvalue weighted by atomic mass is 10.0. The maximum absolute atomic E-state index is 6.01. The predicted octanol–water partition coefficient (Wildman–Crippen LogP) is 1.83. The van der Waals surface area contributed by atoms with Gasteiger partial charge in [-0.15, -0.1) is 0 Å². The van der Waals surface area contributed by atoms with Crippen molar-refractivity contribution in [1.29, 1.82) is 0 Å². The van der Waals surface area contributed by atoms with Crippen LogP contribution in [0.1, 0.15) is 29.5 Å². The summed E-state index contributed by atoms with van der Waals surface area (Å²) in [6.07, 6.45) is 2.03. The summed E-state index contributed by atoms with van der Waals surface area (Å²) >= 11 is 0. The van der Waals surface area contributed by atoms with Crippen LogP contribution in [0.5, 0.6) is 0 Å². The van der Waals surface area contributed by atoms with Gasteiger partial charge in [-0.05, 0) is 30.0 Å². The number of rotatable bonds is 3. The van der Waals surface area contributed by atoms with Gasteiger partial charge in [-0.1, -0.05) is 17.3 Å². The molecule has 0 unspecified atom stereocenters. The van der Waals surface area contributed by atoms with Crippen LogP contribution in [-0.2, 0) is 17.8 Å². The maximum Gasteiger partial charge on any atom is 0.252 e. The summed E-state index contributed by atoms with van der Waals surface area (Å²) in [7, 11) is 1.60. The van der Waals surface area contributed by atoms with E-state index in [1.165, 1.54) is 11.1 Å². The van der Waals surface area contributed by atoms with Crippen LogP contribution in [0.15, 0.2) is 22.7 Å². The molecule has 5 heteroatoms. The summed E-state index contributed by atoms with van der Waals surface area (Å²) in [5.74, 6) is 1.09. The molecule has 1 atom stereocenters. The number of nitrogens with zero attached hydrogens (tertiary/aromatic N) is 2. The zero-order chi connectivity index (χ0) is 12.5. The Labute approximate surface area is 105 Å². The lowest BCUT2D eigenvalue weighted by Gasteiger charge is -2.04. The van der Waals surface area contributed by atoms with E-state index in [4.69, 9.17) is 15.0 Å². The van der Waals surface area contributed by atoms with Crippen molar-refractivity contribution < 1.29 is 9.26 Å². The van der Waals surface area contributed by atoms with Gasteiger partial charge in [0.05, 0.1) is 0 Å². The van der Waals surface area contributed by atoms with Gasteiger partial charge in [-0.25, -0.2) is 0 Å². The first-order chi connectivity index (χ1) is 8.78. The van der Waals surface area contributed by atoms with Gasteiger partial charge in [-0.2, -0.15) is 4.98 Å². The molecule has 0 saturated heterocycles. The number of aromatic nitrogens is 2. The summed E-state index contributed by atoms with van der Waals surface area (Å²) in [6.45, 7) is 0.336. The largest absolute Gasteiger partial charge is 0.375 e. The molecule has 0 aliphatic heterocycles. The molecule has 2 aromatic rings. The quantitative estimate of drug-likeness (QED) is 0.892. The SMILES string of the molecule is COCc1nc(-c2ccc3c(c2)CC[C@H]3N)no1. The van der Waals surface area contributed by atoms with Crippen LogP contribution in [0.4, 0.5) is 0 Å². The van der Waals surface area contributed by atoms with Crippen LogP contribution in [0.2, 0.25) is 0 Å². The van der Waals surface area contributed by atoms with Gasteiger partial charge < -0.3 is 15.0 Å². The number of benzene rings is 1. The van der Waals surface area contributed by atoms with Crippen LogP contribution < -0.4 is 5.73 Å². The highest BCUT2D eigenvalue weighted by Gasteiger charge is 2.20. The van der Waals surface area contributed by atoms with Crippen molar-refractivity contribution in [1.82, 2.24) is 10.1 Å². The number of fused-ring (bicyclic) bond motifs is 1. The van der Waals surface area contributed by atoms with Gasteiger partial charge in [0.25, 0.3) is 5.89 Å². The molecule has 1 aromatic heterocycles. The van der Waals surface area contributed by atoms with E-state index in [1.54, 1.807) is 7.11 Å². The zero-order valence-corrected chi connectivity index (χ0v) is 10.2. The van der Waals surface area contributed by atoms with Crippen LogP contribution in [-0.4, -0.2) is 17.3 Å².